The summed E-state index contributed by atoms with van der Waals surface area (Å²) in [5.74, 6) is 3.77. The van der Waals surface area contributed by atoms with E-state index in [2.05, 4.69) is 22.3 Å². The van der Waals surface area contributed by atoms with Gasteiger partial charge in [0.15, 0.2) is 17.3 Å². The summed E-state index contributed by atoms with van der Waals surface area (Å²) in [5.41, 5.74) is 7.28. The standard InChI is InChI=1S/C18H21N3O3/c19-18(5-1-2-6-18)17-20-16(24-21-17)13-10-12(13)11-3-4-14-15(9-11)23-8-7-22-14/h3-4,9,12-13H,1-2,5-8,10,19H2. The van der Waals surface area contributed by atoms with Crippen LogP contribution in [0, 0.1) is 0 Å². The minimum absolute atomic E-state index is 0.291. The van der Waals surface area contributed by atoms with Crippen LogP contribution in [0.25, 0.3) is 0 Å². The third-order valence-corrected chi connectivity index (χ3v) is 5.48. The first-order valence-corrected chi connectivity index (χ1v) is 8.75. The molecule has 0 saturated heterocycles. The first kappa shape index (κ1) is 14.3. The van der Waals surface area contributed by atoms with Crippen LogP contribution in [0.15, 0.2) is 22.7 Å². The summed E-state index contributed by atoms with van der Waals surface area (Å²) in [4.78, 5) is 4.63. The highest BCUT2D eigenvalue weighted by Crippen LogP contribution is 2.55. The van der Waals surface area contributed by atoms with E-state index in [0.29, 0.717) is 30.9 Å². The summed E-state index contributed by atoms with van der Waals surface area (Å²) in [6.07, 6.45) is 5.20. The predicted molar refractivity (Wildman–Crippen MR) is 86.2 cm³/mol. The van der Waals surface area contributed by atoms with Crippen LogP contribution in [0.4, 0.5) is 0 Å². The van der Waals surface area contributed by atoms with Gasteiger partial charge in [-0.25, -0.2) is 0 Å². The average molecular weight is 327 g/mol. The minimum Gasteiger partial charge on any atom is -0.486 e. The molecule has 2 fully saturated rings. The number of benzene rings is 1. The molecule has 126 valence electrons. The Kier molecular flexibility index (Phi) is 3.10. The lowest BCUT2D eigenvalue weighted by Gasteiger charge is -2.18. The highest BCUT2D eigenvalue weighted by molar-refractivity contribution is 5.46. The van der Waals surface area contributed by atoms with Crippen molar-refractivity contribution in [3.05, 3.63) is 35.5 Å². The SMILES string of the molecule is NC1(c2noc(C3CC3c3ccc4c(c3)OCCO4)n2)CCCC1. The van der Waals surface area contributed by atoms with E-state index in [4.69, 9.17) is 19.7 Å². The van der Waals surface area contributed by atoms with Gasteiger partial charge in [-0.1, -0.05) is 24.1 Å². The lowest BCUT2D eigenvalue weighted by atomic mass is 9.99. The lowest BCUT2D eigenvalue weighted by Crippen LogP contribution is -2.34. The van der Waals surface area contributed by atoms with E-state index in [1.165, 1.54) is 5.56 Å². The summed E-state index contributed by atoms with van der Waals surface area (Å²) in [5, 5.41) is 4.17. The Bertz CT molecular complexity index is 767. The second-order valence-corrected chi connectivity index (χ2v) is 7.17. The van der Waals surface area contributed by atoms with Crippen molar-refractivity contribution in [1.82, 2.24) is 10.1 Å². The minimum atomic E-state index is -0.386. The Morgan fingerprint density at radius 1 is 1.04 bits per heavy atom. The van der Waals surface area contributed by atoms with Crippen LogP contribution in [0.5, 0.6) is 11.5 Å². The molecule has 1 aliphatic heterocycles. The smallest absolute Gasteiger partial charge is 0.230 e. The quantitative estimate of drug-likeness (QED) is 0.933. The van der Waals surface area contributed by atoms with Crippen LogP contribution in [0.1, 0.15) is 61.2 Å². The van der Waals surface area contributed by atoms with Crippen LogP contribution in [0.2, 0.25) is 0 Å². The molecule has 0 spiro atoms. The molecule has 2 aromatic rings. The van der Waals surface area contributed by atoms with Gasteiger partial charge in [-0.15, -0.1) is 0 Å². The Morgan fingerprint density at radius 3 is 2.67 bits per heavy atom. The highest BCUT2D eigenvalue weighted by Gasteiger charge is 2.45. The fourth-order valence-corrected chi connectivity index (χ4v) is 3.94. The Labute approximate surface area is 140 Å². The Balaban J connectivity index is 1.35. The van der Waals surface area contributed by atoms with Gasteiger partial charge in [-0.3, -0.25) is 0 Å². The normalized spacial score (nSPS) is 27.2. The van der Waals surface area contributed by atoms with Crippen LogP contribution < -0.4 is 15.2 Å². The summed E-state index contributed by atoms with van der Waals surface area (Å²) in [6.45, 7) is 1.22. The van der Waals surface area contributed by atoms with Crippen molar-refractivity contribution in [3.63, 3.8) is 0 Å². The molecule has 2 unspecified atom stereocenters. The number of hydrogen-bond donors (Lipinski definition) is 1. The number of nitrogens with two attached hydrogens (primary N) is 1. The third kappa shape index (κ3) is 2.28. The molecular formula is C18H21N3O3. The van der Waals surface area contributed by atoms with Crippen LogP contribution in [-0.4, -0.2) is 23.4 Å². The summed E-state index contributed by atoms with van der Waals surface area (Å²) >= 11 is 0. The summed E-state index contributed by atoms with van der Waals surface area (Å²) in [7, 11) is 0. The number of nitrogens with zero attached hydrogens (tertiary/aromatic N) is 2. The van der Waals surface area contributed by atoms with E-state index in [1.54, 1.807) is 0 Å². The van der Waals surface area contributed by atoms with E-state index >= 15 is 0 Å². The monoisotopic (exact) mass is 327 g/mol. The zero-order valence-electron chi connectivity index (χ0n) is 13.5. The Hall–Kier alpha value is -2.08. The molecule has 2 saturated carbocycles. The molecule has 0 radical (unpaired) electrons. The maximum atomic E-state index is 6.42. The van der Waals surface area contributed by atoms with Gasteiger partial charge in [-0.2, -0.15) is 4.98 Å². The van der Waals surface area contributed by atoms with Gasteiger partial charge in [0.25, 0.3) is 0 Å². The van der Waals surface area contributed by atoms with Gasteiger partial charge in [0.1, 0.15) is 13.2 Å². The van der Waals surface area contributed by atoms with Gasteiger partial charge in [0.2, 0.25) is 5.89 Å². The molecule has 2 aliphatic carbocycles. The van der Waals surface area contributed by atoms with Crippen molar-refractivity contribution in [2.24, 2.45) is 5.73 Å². The molecule has 2 heterocycles. The number of fused-ring (bicyclic) bond motifs is 1. The van der Waals surface area contributed by atoms with E-state index in [0.717, 1.165) is 49.5 Å². The Morgan fingerprint density at radius 2 is 1.83 bits per heavy atom. The highest BCUT2D eigenvalue weighted by atomic mass is 16.6. The fraction of sp³-hybridized carbons (Fsp3) is 0.556. The number of aromatic nitrogens is 2. The summed E-state index contributed by atoms with van der Waals surface area (Å²) in [6, 6.07) is 6.18. The predicted octanol–water partition coefficient (Wildman–Crippen LogP) is 2.84. The van der Waals surface area contributed by atoms with Gasteiger partial charge >= 0.3 is 0 Å². The van der Waals surface area contributed by atoms with Crippen molar-refractivity contribution < 1.29 is 14.0 Å². The van der Waals surface area contributed by atoms with Gasteiger partial charge in [0.05, 0.1) is 5.54 Å². The van der Waals surface area contributed by atoms with Gasteiger partial charge in [0, 0.05) is 5.92 Å². The fourth-order valence-electron chi connectivity index (χ4n) is 3.94. The molecule has 6 heteroatoms. The van der Waals surface area contributed by atoms with Crippen molar-refractivity contribution in [2.45, 2.75) is 49.5 Å². The van der Waals surface area contributed by atoms with Crippen LogP contribution in [0.3, 0.4) is 0 Å². The lowest BCUT2D eigenvalue weighted by molar-refractivity contribution is 0.171. The third-order valence-electron chi connectivity index (χ3n) is 5.48. The second kappa shape index (κ2) is 5.21. The molecule has 0 bridgehead atoms. The molecule has 5 rings (SSSR count). The number of rotatable bonds is 3. The zero-order chi connectivity index (χ0) is 16.1. The molecule has 1 aromatic carbocycles. The molecule has 6 nitrogen and oxygen atoms in total. The molecule has 1 aromatic heterocycles. The molecule has 0 amide bonds. The number of ether oxygens (including phenoxy) is 2. The van der Waals surface area contributed by atoms with E-state index in [1.807, 2.05) is 6.07 Å². The van der Waals surface area contributed by atoms with Crippen molar-refractivity contribution >= 4 is 0 Å². The molecule has 2 N–H and O–H groups in total. The average Bonchev–Trinajstić information content (AvgIpc) is 3.03. The maximum Gasteiger partial charge on any atom is 0.230 e. The van der Waals surface area contributed by atoms with Crippen molar-refractivity contribution in [1.29, 1.82) is 0 Å². The number of hydrogen-bond acceptors (Lipinski definition) is 6. The molecule has 24 heavy (non-hydrogen) atoms. The first-order valence-electron chi connectivity index (χ1n) is 8.75. The summed E-state index contributed by atoms with van der Waals surface area (Å²) < 4.78 is 16.8. The van der Waals surface area contributed by atoms with Crippen LogP contribution in [-0.2, 0) is 5.54 Å². The van der Waals surface area contributed by atoms with E-state index < -0.39 is 0 Å². The topological polar surface area (TPSA) is 83.4 Å². The first-order chi connectivity index (χ1) is 11.7. The van der Waals surface area contributed by atoms with Gasteiger partial charge < -0.3 is 19.7 Å². The largest absolute Gasteiger partial charge is 0.486 e. The van der Waals surface area contributed by atoms with Crippen molar-refractivity contribution in [2.75, 3.05) is 13.2 Å². The van der Waals surface area contributed by atoms with Gasteiger partial charge in [-0.05, 0) is 42.9 Å². The zero-order valence-corrected chi connectivity index (χ0v) is 13.5. The van der Waals surface area contributed by atoms with E-state index in [-0.39, 0.29) is 5.54 Å². The second-order valence-electron chi connectivity index (χ2n) is 7.17. The molecular weight excluding hydrogens is 306 g/mol. The molecule has 2 atom stereocenters. The van der Waals surface area contributed by atoms with Crippen molar-refractivity contribution in [3.8, 4) is 11.5 Å². The molecule has 3 aliphatic rings. The van der Waals surface area contributed by atoms with Crippen LogP contribution >= 0.6 is 0 Å². The maximum absolute atomic E-state index is 6.42. The van der Waals surface area contributed by atoms with E-state index in [9.17, 15) is 0 Å².